The van der Waals surface area contributed by atoms with Crippen LogP contribution in [0.25, 0.3) is 0 Å². The first kappa shape index (κ1) is 19.0. The van der Waals surface area contributed by atoms with Gasteiger partial charge in [0, 0.05) is 31.7 Å². The fourth-order valence-corrected chi connectivity index (χ4v) is 5.21. The molecule has 2 heterocycles. The zero-order chi connectivity index (χ0) is 18.9. The van der Waals surface area contributed by atoms with Crippen LogP contribution in [0.2, 0.25) is 0 Å². The van der Waals surface area contributed by atoms with E-state index in [1.165, 1.54) is 27.4 Å². The average molecular weight is 384 g/mol. The van der Waals surface area contributed by atoms with Gasteiger partial charge in [0.05, 0.1) is 11.2 Å². The van der Waals surface area contributed by atoms with Crippen LogP contribution in [-0.4, -0.2) is 48.9 Å². The lowest BCUT2D eigenvalue weighted by Crippen LogP contribution is -2.50. The van der Waals surface area contributed by atoms with Crippen LogP contribution in [0.5, 0.6) is 0 Å². The van der Waals surface area contributed by atoms with E-state index in [9.17, 15) is 22.0 Å². The minimum absolute atomic E-state index is 0.0103. The number of amides is 1. The molecular formula is C18H22F2N2O3S. The molecule has 2 aliphatic heterocycles. The Morgan fingerprint density at radius 2 is 2.00 bits per heavy atom. The summed E-state index contributed by atoms with van der Waals surface area (Å²) in [6, 6.07) is 3.91. The fraction of sp³-hybridized carbons (Fsp3) is 0.500. The van der Waals surface area contributed by atoms with Crippen LogP contribution in [0.4, 0.5) is 8.78 Å². The standard InChI is InChI=1S/C18H22F2N2O3S/c1-2-11-26(24,25)22-10-8-18(13-22)7-4-9-21(17(18)23)12-14-5-3-6-15(19)16(14)20/h2-3,5-6H,1,4,7-13H2. The normalized spacial score (nSPS) is 24.4. The molecular weight excluding hydrogens is 362 g/mol. The topological polar surface area (TPSA) is 57.7 Å². The molecule has 1 atom stereocenters. The van der Waals surface area contributed by atoms with Crippen LogP contribution < -0.4 is 0 Å². The number of hydrogen-bond donors (Lipinski definition) is 0. The number of carbonyl (C=O) groups excluding carboxylic acids is 1. The van der Waals surface area contributed by atoms with Crippen LogP contribution in [0.15, 0.2) is 30.9 Å². The predicted molar refractivity (Wildman–Crippen MR) is 93.6 cm³/mol. The van der Waals surface area contributed by atoms with E-state index < -0.39 is 27.1 Å². The van der Waals surface area contributed by atoms with Gasteiger partial charge in [0.15, 0.2) is 11.6 Å². The highest BCUT2D eigenvalue weighted by atomic mass is 32.2. The second kappa shape index (κ2) is 7.08. The third kappa shape index (κ3) is 3.40. The number of rotatable bonds is 5. The van der Waals surface area contributed by atoms with Gasteiger partial charge in [-0.1, -0.05) is 18.2 Å². The van der Waals surface area contributed by atoms with Crippen LogP contribution in [0.1, 0.15) is 24.8 Å². The molecule has 0 aliphatic carbocycles. The monoisotopic (exact) mass is 384 g/mol. The first-order valence-corrected chi connectivity index (χ1v) is 10.2. The van der Waals surface area contributed by atoms with Gasteiger partial charge in [-0.2, -0.15) is 0 Å². The van der Waals surface area contributed by atoms with E-state index in [1.807, 2.05) is 0 Å². The number of halogens is 2. The van der Waals surface area contributed by atoms with E-state index in [4.69, 9.17) is 0 Å². The van der Waals surface area contributed by atoms with Gasteiger partial charge in [0.25, 0.3) is 0 Å². The Kier molecular flexibility index (Phi) is 5.16. The summed E-state index contributed by atoms with van der Waals surface area (Å²) in [5.41, 5.74) is -0.638. The molecule has 1 unspecified atom stereocenters. The SMILES string of the molecule is C=CCS(=O)(=O)N1CCC2(CCCN(Cc3cccc(F)c3F)C2=O)C1. The van der Waals surface area contributed by atoms with Crippen molar-refractivity contribution in [1.82, 2.24) is 9.21 Å². The Hall–Kier alpha value is -1.80. The summed E-state index contributed by atoms with van der Waals surface area (Å²) in [4.78, 5) is 14.6. The Morgan fingerprint density at radius 3 is 2.73 bits per heavy atom. The number of nitrogens with zero attached hydrogens (tertiary/aromatic N) is 2. The number of carbonyl (C=O) groups is 1. The molecule has 1 spiro atoms. The lowest BCUT2D eigenvalue weighted by atomic mass is 9.78. The second-order valence-corrected chi connectivity index (χ2v) is 8.99. The van der Waals surface area contributed by atoms with Crippen molar-refractivity contribution in [2.24, 2.45) is 5.41 Å². The minimum atomic E-state index is -3.46. The summed E-state index contributed by atoms with van der Waals surface area (Å²) >= 11 is 0. The maximum absolute atomic E-state index is 13.9. The number of benzene rings is 1. The predicted octanol–water partition coefficient (Wildman–Crippen LogP) is 2.30. The van der Waals surface area contributed by atoms with E-state index >= 15 is 0 Å². The summed E-state index contributed by atoms with van der Waals surface area (Å²) in [5, 5.41) is 0. The number of hydrogen-bond acceptors (Lipinski definition) is 3. The molecule has 1 aromatic carbocycles. The van der Waals surface area contributed by atoms with Crippen LogP contribution in [0, 0.1) is 17.0 Å². The van der Waals surface area contributed by atoms with E-state index in [0.717, 1.165) is 6.07 Å². The molecule has 2 aliphatic rings. The zero-order valence-corrected chi connectivity index (χ0v) is 15.3. The Labute approximate surface area is 152 Å². The van der Waals surface area contributed by atoms with Crippen molar-refractivity contribution >= 4 is 15.9 Å². The smallest absolute Gasteiger partial charge is 0.230 e. The van der Waals surface area contributed by atoms with Gasteiger partial charge in [0.1, 0.15) is 0 Å². The molecule has 5 nitrogen and oxygen atoms in total. The Morgan fingerprint density at radius 1 is 1.23 bits per heavy atom. The van der Waals surface area contributed by atoms with Crippen molar-refractivity contribution in [2.75, 3.05) is 25.4 Å². The molecule has 2 saturated heterocycles. The summed E-state index contributed by atoms with van der Waals surface area (Å²) in [6.07, 6.45) is 3.10. The Bertz CT molecular complexity index is 828. The van der Waals surface area contributed by atoms with Crippen molar-refractivity contribution in [3.63, 3.8) is 0 Å². The third-order valence-corrected chi connectivity index (χ3v) is 7.01. The summed E-state index contributed by atoms with van der Waals surface area (Å²) in [6.45, 7) is 4.35. The van der Waals surface area contributed by atoms with Crippen LogP contribution >= 0.6 is 0 Å². The molecule has 3 rings (SSSR count). The molecule has 8 heteroatoms. The molecule has 26 heavy (non-hydrogen) atoms. The first-order chi connectivity index (χ1) is 12.3. The highest BCUT2D eigenvalue weighted by Crippen LogP contribution is 2.41. The molecule has 142 valence electrons. The minimum Gasteiger partial charge on any atom is -0.338 e. The van der Waals surface area contributed by atoms with E-state index in [2.05, 4.69) is 6.58 Å². The lowest BCUT2D eigenvalue weighted by Gasteiger charge is -2.39. The molecule has 0 N–H and O–H groups in total. The largest absolute Gasteiger partial charge is 0.338 e. The number of piperidine rings is 1. The van der Waals surface area contributed by atoms with E-state index in [1.54, 1.807) is 0 Å². The number of likely N-dealkylation sites (tertiary alicyclic amines) is 1. The lowest BCUT2D eigenvalue weighted by molar-refractivity contribution is -0.146. The van der Waals surface area contributed by atoms with E-state index in [-0.39, 0.29) is 30.3 Å². The van der Waals surface area contributed by atoms with Gasteiger partial charge < -0.3 is 4.90 Å². The van der Waals surface area contributed by atoms with Gasteiger partial charge in [0.2, 0.25) is 15.9 Å². The van der Waals surface area contributed by atoms with Gasteiger partial charge in [-0.25, -0.2) is 21.5 Å². The average Bonchev–Trinajstić information content (AvgIpc) is 3.02. The molecule has 0 bridgehead atoms. The van der Waals surface area contributed by atoms with Gasteiger partial charge in [-0.3, -0.25) is 4.79 Å². The Balaban J connectivity index is 1.78. The van der Waals surface area contributed by atoms with Gasteiger partial charge in [-0.15, -0.1) is 6.58 Å². The molecule has 2 fully saturated rings. The first-order valence-electron chi connectivity index (χ1n) is 8.60. The number of sulfonamides is 1. The van der Waals surface area contributed by atoms with E-state index in [0.29, 0.717) is 32.4 Å². The third-order valence-electron chi connectivity index (χ3n) is 5.26. The summed E-state index contributed by atoms with van der Waals surface area (Å²) in [7, 11) is -3.46. The highest BCUT2D eigenvalue weighted by Gasteiger charge is 2.50. The molecule has 0 radical (unpaired) electrons. The van der Waals surface area contributed by atoms with Crippen LogP contribution in [-0.2, 0) is 21.4 Å². The van der Waals surface area contributed by atoms with Gasteiger partial charge in [-0.05, 0) is 25.3 Å². The van der Waals surface area contributed by atoms with Crippen molar-refractivity contribution in [3.8, 4) is 0 Å². The van der Waals surface area contributed by atoms with Crippen molar-refractivity contribution in [3.05, 3.63) is 48.1 Å². The molecule has 0 aromatic heterocycles. The van der Waals surface area contributed by atoms with Gasteiger partial charge >= 0.3 is 0 Å². The zero-order valence-electron chi connectivity index (χ0n) is 14.5. The quantitative estimate of drug-likeness (QED) is 0.732. The van der Waals surface area contributed by atoms with Crippen molar-refractivity contribution in [2.45, 2.75) is 25.8 Å². The second-order valence-electron chi connectivity index (χ2n) is 6.97. The maximum Gasteiger partial charge on any atom is 0.230 e. The fourth-order valence-electron chi connectivity index (χ4n) is 3.88. The molecule has 1 aromatic rings. The summed E-state index contributed by atoms with van der Waals surface area (Å²) < 4.78 is 53.2. The maximum atomic E-state index is 13.9. The van der Waals surface area contributed by atoms with Crippen molar-refractivity contribution < 1.29 is 22.0 Å². The van der Waals surface area contributed by atoms with Crippen LogP contribution in [0.3, 0.4) is 0 Å². The molecule has 1 amide bonds. The van der Waals surface area contributed by atoms with Crippen molar-refractivity contribution in [1.29, 1.82) is 0 Å². The highest BCUT2D eigenvalue weighted by molar-refractivity contribution is 7.89. The molecule has 0 saturated carbocycles. The summed E-state index contributed by atoms with van der Waals surface area (Å²) in [5.74, 6) is -2.22.